The van der Waals surface area contributed by atoms with E-state index in [0.717, 1.165) is 29.1 Å². The maximum atomic E-state index is 12.7. The molecule has 2 aromatic carbocycles. The Morgan fingerprint density at radius 3 is 2.65 bits per heavy atom. The third-order valence-electron chi connectivity index (χ3n) is 4.63. The normalized spacial score (nSPS) is 17.0. The molecule has 0 saturated heterocycles. The minimum Gasteiger partial charge on any atom is -0.345 e. The van der Waals surface area contributed by atoms with E-state index in [0.29, 0.717) is 0 Å². The second-order valence-electron chi connectivity index (χ2n) is 6.55. The fraction of sp³-hybridized carbons (Fsp3) is 0.316. The summed E-state index contributed by atoms with van der Waals surface area (Å²) in [5.74, 6) is -0.307. The van der Waals surface area contributed by atoms with E-state index in [1.54, 1.807) is 6.07 Å². The summed E-state index contributed by atoms with van der Waals surface area (Å²) in [6, 6.07) is 12.3. The minimum absolute atomic E-state index is 0.0686. The molecule has 1 atom stereocenters. The Morgan fingerprint density at radius 1 is 1.19 bits per heavy atom. The van der Waals surface area contributed by atoms with Crippen LogP contribution in [0.25, 0.3) is 0 Å². The predicted octanol–water partition coefficient (Wildman–Crippen LogP) is 3.40. The van der Waals surface area contributed by atoms with Crippen molar-refractivity contribution in [2.45, 2.75) is 30.2 Å². The number of nitrogens with one attached hydrogen (secondary N) is 1. The van der Waals surface area contributed by atoms with Crippen LogP contribution in [0.2, 0.25) is 5.02 Å². The van der Waals surface area contributed by atoms with Crippen molar-refractivity contribution in [3.05, 3.63) is 64.2 Å². The van der Waals surface area contributed by atoms with Gasteiger partial charge in [0.25, 0.3) is 5.91 Å². The molecule has 2 aromatic rings. The molecule has 138 valence electrons. The van der Waals surface area contributed by atoms with Gasteiger partial charge in [0.05, 0.1) is 11.1 Å². The van der Waals surface area contributed by atoms with Crippen molar-refractivity contribution in [3.8, 4) is 0 Å². The maximum Gasteiger partial charge on any atom is 0.251 e. The Labute approximate surface area is 159 Å². The van der Waals surface area contributed by atoms with Crippen LogP contribution in [-0.2, 0) is 16.4 Å². The number of benzene rings is 2. The summed E-state index contributed by atoms with van der Waals surface area (Å²) in [7, 11) is -0.868. The number of halogens is 1. The number of nitrogens with zero attached hydrogens (tertiary/aromatic N) is 1. The molecular weight excluding hydrogens is 372 g/mol. The van der Waals surface area contributed by atoms with Gasteiger partial charge in [0.1, 0.15) is 4.90 Å². The van der Waals surface area contributed by atoms with Gasteiger partial charge in [-0.3, -0.25) is 4.79 Å². The van der Waals surface area contributed by atoms with Gasteiger partial charge >= 0.3 is 0 Å². The molecule has 0 heterocycles. The number of carbonyl (C=O) groups is 1. The number of hydrogen-bond acceptors (Lipinski definition) is 3. The van der Waals surface area contributed by atoms with Gasteiger partial charge in [0, 0.05) is 19.7 Å². The summed E-state index contributed by atoms with van der Waals surface area (Å²) >= 11 is 6.05. The molecule has 1 amide bonds. The summed E-state index contributed by atoms with van der Waals surface area (Å²) in [5.41, 5.74) is 2.65. The van der Waals surface area contributed by atoms with Crippen LogP contribution < -0.4 is 5.32 Å². The first kappa shape index (κ1) is 18.9. The number of amides is 1. The van der Waals surface area contributed by atoms with E-state index in [1.165, 1.54) is 31.8 Å². The van der Waals surface area contributed by atoms with Gasteiger partial charge in [-0.2, -0.15) is 0 Å². The second-order valence-corrected chi connectivity index (χ2v) is 9.08. The molecule has 1 aliphatic rings. The molecule has 0 aliphatic heterocycles. The van der Waals surface area contributed by atoms with Gasteiger partial charge in [-0.15, -0.1) is 0 Å². The molecule has 1 N–H and O–H groups in total. The molecule has 3 rings (SSSR count). The Balaban J connectivity index is 1.88. The lowest BCUT2D eigenvalue weighted by molar-refractivity contribution is 0.0932. The zero-order valence-electron chi connectivity index (χ0n) is 14.7. The Morgan fingerprint density at radius 2 is 1.92 bits per heavy atom. The summed E-state index contributed by atoms with van der Waals surface area (Å²) < 4.78 is 25.9. The number of aryl methyl sites for hydroxylation is 1. The maximum absolute atomic E-state index is 12.7. The smallest absolute Gasteiger partial charge is 0.251 e. The summed E-state index contributed by atoms with van der Waals surface area (Å²) in [6.07, 6.45) is 2.87. The van der Waals surface area contributed by atoms with Crippen molar-refractivity contribution < 1.29 is 13.2 Å². The van der Waals surface area contributed by atoms with E-state index in [-0.39, 0.29) is 27.4 Å². The Hall–Kier alpha value is -1.89. The van der Waals surface area contributed by atoms with E-state index in [2.05, 4.69) is 11.4 Å². The number of rotatable bonds is 4. The first-order valence-electron chi connectivity index (χ1n) is 8.41. The third-order valence-corrected chi connectivity index (χ3v) is 6.92. The number of hydrogen-bond donors (Lipinski definition) is 1. The summed E-state index contributed by atoms with van der Waals surface area (Å²) in [6.45, 7) is 0. The number of sulfonamides is 1. The van der Waals surface area contributed by atoms with Crippen molar-refractivity contribution >= 4 is 27.5 Å². The Bertz CT molecular complexity index is 942. The topological polar surface area (TPSA) is 66.5 Å². The molecule has 7 heteroatoms. The first-order valence-corrected chi connectivity index (χ1v) is 10.2. The molecule has 0 bridgehead atoms. The largest absolute Gasteiger partial charge is 0.345 e. The second kappa shape index (κ2) is 7.39. The summed E-state index contributed by atoms with van der Waals surface area (Å²) in [4.78, 5) is 12.7. The first-order chi connectivity index (χ1) is 12.3. The van der Waals surface area contributed by atoms with Crippen LogP contribution >= 0.6 is 11.6 Å². The van der Waals surface area contributed by atoms with Crippen molar-refractivity contribution in [2.75, 3.05) is 14.1 Å². The van der Waals surface area contributed by atoms with Crippen LogP contribution in [0.1, 0.15) is 40.4 Å². The van der Waals surface area contributed by atoms with Gasteiger partial charge in [-0.1, -0.05) is 35.9 Å². The fourth-order valence-electron chi connectivity index (χ4n) is 3.18. The van der Waals surface area contributed by atoms with Crippen LogP contribution in [0.3, 0.4) is 0 Å². The van der Waals surface area contributed by atoms with Crippen LogP contribution in [0.15, 0.2) is 47.4 Å². The zero-order chi connectivity index (χ0) is 18.9. The SMILES string of the molecule is CN(C)S(=O)(=O)c1cc(C(=O)NC2CCCc3ccccc32)ccc1Cl. The molecule has 0 aromatic heterocycles. The quantitative estimate of drug-likeness (QED) is 0.867. The molecule has 1 unspecified atom stereocenters. The fourth-order valence-corrected chi connectivity index (χ4v) is 4.58. The van der Waals surface area contributed by atoms with E-state index in [9.17, 15) is 13.2 Å². The lowest BCUT2D eigenvalue weighted by atomic mass is 9.87. The standard InChI is InChI=1S/C19H21ClN2O3S/c1-22(2)26(24,25)18-12-14(10-11-16(18)20)19(23)21-17-9-5-7-13-6-3-4-8-15(13)17/h3-4,6,8,10-12,17H,5,7,9H2,1-2H3,(H,21,23). The van der Waals surface area contributed by atoms with Gasteiger partial charge in [-0.25, -0.2) is 12.7 Å². The molecule has 0 saturated carbocycles. The monoisotopic (exact) mass is 392 g/mol. The van der Waals surface area contributed by atoms with Crippen molar-refractivity contribution in [3.63, 3.8) is 0 Å². The van der Waals surface area contributed by atoms with E-state index in [1.807, 2.05) is 18.2 Å². The highest BCUT2D eigenvalue weighted by Gasteiger charge is 2.25. The highest BCUT2D eigenvalue weighted by atomic mass is 35.5. The van der Waals surface area contributed by atoms with E-state index in [4.69, 9.17) is 11.6 Å². The van der Waals surface area contributed by atoms with Gasteiger partial charge in [0.2, 0.25) is 10.0 Å². The van der Waals surface area contributed by atoms with Crippen molar-refractivity contribution in [1.29, 1.82) is 0 Å². The van der Waals surface area contributed by atoms with Gasteiger partial charge in [-0.05, 0) is 48.6 Å². The van der Waals surface area contributed by atoms with Crippen molar-refractivity contribution in [1.82, 2.24) is 9.62 Å². The molecule has 0 spiro atoms. The number of carbonyl (C=O) groups excluding carboxylic acids is 1. The number of fused-ring (bicyclic) bond motifs is 1. The lowest BCUT2D eigenvalue weighted by Crippen LogP contribution is -2.31. The molecule has 26 heavy (non-hydrogen) atoms. The highest BCUT2D eigenvalue weighted by molar-refractivity contribution is 7.89. The molecule has 5 nitrogen and oxygen atoms in total. The minimum atomic E-state index is -3.72. The van der Waals surface area contributed by atoms with Gasteiger partial charge in [0.15, 0.2) is 0 Å². The average Bonchev–Trinajstić information content (AvgIpc) is 2.62. The van der Waals surface area contributed by atoms with Crippen molar-refractivity contribution in [2.24, 2.45) is 0 Å². The van der Waals surface area contributed by atoms with E-state index < -0.39 is 10.0 Å². The molecular formula is C19H21ClN2O3S. The van der Waals surface area contributed by atoms with E-state index >= 15 is 0 Å². The van der Waals surface area contributed by atoms with Gasteiger partial charge < -0.3 is 5.32 Å². The molecule has 0 fully saturated rings. The summed E-state index contributed by atoms with van der Waals surface area (Å²) in [5, 5.41) is 3.12. The average molecular weight is 393 g/mol. The Kier molecular flexibility index (Phi) is 5.37. The van der Waals surface area contributed by atoms with Crippen LogP contribution in [-0.4, -0.2) is 32.7 Å². The molecule has 0 radical (unpaired) electrons. The van der Waals surface area contributed by atoms with Crippen LogP contribution in [0.4, 0.5) is 0 Å². The zero-order valence-corrected chi connectivity index (χ0v) is 16.3. The predicted molar refractivity (Wildman–Crippen MR) is 102 cm³/mol. The van der Waals surface area contributed by atoms with Crippen LogP contribution in [0.5, 0.6) is 0 Å². The lowest BCUT2D eigenvalue weighted by Gasteiger charge is -2.26. The highest BCUT2D eigenvalue weighted by Crippen LogP contribution is 2.30. The molecule has 1 aliphatic carbocycles. The van der Waals surface area contributed by atoms with Crippen LogP contribution in [0, 0.1) is 0 Å². The third kappa shape index (κ3) is 3.63.